The van der Waals surface area contributed by atoms with Gasteiger partial charge in [0, 0.05) is 28.6 Å². The molecule has 1 fully saturated rings. The van der Waals surface area contributed by atoms with E-state index in [0.717, 1.165) is 10.9 Å². The quantitative estimate of drug-likeness (QED) is 0.843. The van der Waals surface area contributed by atoms with Gasteiger partial charge in [0.2, 0.25) is 0 Å². The van der Waals surface area contributed by atoms with Crippen LogP contribution in [-0.4, -0.2) is 21.8 Å². The van der Waals surface area contributed by atoms with E-state index < -0.39 is 17.8 Å². The smallest absolute Gasteiger partial charge is 0.307 e. The molecular formula is C16H17NO3. The number of hydrogen-bond donors (Lipinski definition) is 2. The number of H-pyrrole nitrogens is 1. The van der Waals surface area contributed by atoms with Crippen LogP contribution in [0.5, 0.6) is 0 Å². The first-order valence-corrected chi connectivity index (χ1v) is 6.91. The fourth-order valence-corrected chi connectivity index (χ4v) is 3.33. The van der Waals surface area contributed by atoms with Crippen LogP contribution in [0.25, 0.3) is 10.9 Å². The van der Waals surface area contributed by atoms with Gasteiger partial charge in [0.25, 0.3) is 0 Å². The van der Waals surface area contributed by atoms with Crippen molar-refractivity contribution in [2.24, 2.45) is 17.8 Å². The molecule has 1 aromatic carbocycles. The Labute approximate surface area is 116 Å². The molecule has 3 rings (SSSR count). The van der Waals surface area contributed by atoms with Crippen molar-refractivity contribution in [1.82, 2.24) is 4.98 Å². The van der Waals surface area contributed by atoms with Gasteiger partial charge in [0.1, 0.15) is 0 Å². The van der Waals surface area contributed by atoms with E-state index in [9.17, 15) is 14.7 Å². The maximum atomic E-state index is 12.7. The van der Waals surface area contributed by atoms with E-state index in [1.165, 1.54) is 0 Å². The van der Waals surface area contributed by atoms with Gasteiger partial charge >= 0.3 is 5.97 Å². The Morgan fingerprint density at radius 1 is 1.20 bits per heavy atom. The summed E-state index contributed by atoms with van der Waals surface area (Å²) in [5.74, 6) is -1.56. The number of ketones is 1. The van der Waals surface area contributed by atoms with Gasteiger partial charge in [-0.3, -0.25) is 9.59 Å². The maximum Gasteiger partial charge on any atom is 0.307 e. The largest absolute Gasteiger partial charge is 0.481 e. The number of carboxylic acid groups (broad SMARTS) is 1. The normalized spacial score (nSPS) is 25.9. The van der Waals surface area contributed by atoms with Crippen LogP contribution in [0.15, 0.2) is 30.5 Å². The molecule has 0 aliphatic heterocycles. The first-order chi connectivity index (χ1) is 9.58. The number of fused-ring (bicyclic) bond motifs is 1. The SMILES string of the molecule is CC1CC(C(=O)O)C(C(=O)c2c[nH]c3ccccc23)C1. The molecule has 0 radical (unpaired) electrons. The van der Waals surface area contributed by atoms with Crippen LogP contribution in [0.2, 0.25) is 0 Å². The van der Waals surface area contributed by atoms with Gasteiger partial charge in [0.05, 0.1) is 5.92 Å². The topological polar surface area (TPSA) is 70.2 Å². The molecule has 2 aromatic rings. The number of hydrogen-bond acceptors (Lipinski definition) is 2. The summed E-state index contributed by atoms with van der Waals surface area (Å²) in [6.45, 7) is 2.01. The molecule has 0 saturated heterocycles. The van der Waals surface area contributed by atoms with Crippen molar-refractivity contribution in [1.29, 1.82) is 0 Å². The first-order valence-electron chi connectivity index (χ1n) is 6.91. The standard InChI is InChI=1S/C16H17NO3/c1-9-6-11(12(7-9)16(19)20)15(18)13-8-17-14-5-3-2-4-10(13)14/h2-5,8-9,11-12,17H,6-7H2,1H3,(H,19,20). The minimum atomic E-state index is -0.854. The number of para-hydroxylation sites is 1. The third-order valence-corrected chi connectivity index (χ3v) is 4.31. The Morgan fingerprint density at radius 2 is 1.90 bits per heavy atom. The average Bonchev–Trinajstić information content (AvgIpc) is 3.01. The predicted molar refractivity (Wildman–Crippen MR) is 75.6 cm³/mol. The summed E-state index contributed by atoms with van der Waals surface area (Å²) in [5, 5.41) is 10.2. The number of carbonyl (C=O) groups is 2. The number of carboxylic acids is 1. The van der Waals surface area contributed by atoms with Crippen LogP contribution in [0.3, 0.4) is 0 Å². The highest BCUT2D eigenvalue weighted by atomic mass is 16.4. The van der Waals surface area contributed by atoms with Crippen molar-refractivity contribution in [3.63, 3.8) is 0 Å². The summed E-state index contributed by atoms with van der Waals surface area (Å²) in [5.41, 5.74) is 1.53. The molecule has 1 aliphatic rings. The summed E-state index contributed by atoms with van der Waals surface area (Å²) < 4.78 is 0. The Hall–Kier alpha value is -2.10. The van der Waals surface area contributed by atoms with Crippen molar-refractivity contribution in [2.75, 3.05) is 0 Å². The Morgan fingerprint density at radius 3 is 2.65 bits per heavy atom. The fourth-order valence-electron chi connectivity index (χ4n) is 3.33. The van der Waals surface area contributed by atoms with Gasteiger partial charge < -0.3 is 10.1 Å². The highest BCUT2D eigenvalue weighted by molar-refractivity contribution is 6.09. The lowest BCUT2D eigenvalue weighted by Crippen LogP contribution is -2.25. The van der Waals surface area contributed by atoms with Crippen LogP contribution in [0.1, 0.15) is 30.1 Å². The second kappa shape index (κ2) is 4.78. The monoisotopic (exact) mass is 271 g/mol. The average molecular weight is 271 g/mol. The third-order valence-electron chi connectivity index (χ3n) is 4.31. The zero-order valence-corrected chi connectivity index (χ0v) is 11.3. The van der Waals surface area contributed by atoms with Gasteiger partial charge in [-0.2, -0.15) is 0 Å². The number of carbonyl (C=O) groups excluding carboxylic acids is 1. The van der Waals surface area contributed by atoms with E-state index in [0.29, 0.717) is 18.4 Å². The number of aromatic nitrogens is 1. The number of Topliss-reactive ketones (excluding diaryl/α,β-unsaturated/α-hetero) is 1. The molecule has 20 heavy (non-hydrogen) atoms. The van der Waals surface area contributed by atoms with E-state index in [-0.39, 0.29) is 11.7 Å². The Bertz CT molecular complexity index is 673. The molecule has 1 aromatic heterocycles. The Kier molecular flexibility index (Phi) is 3.08. The number of nitrogens with one attached hydrogen (secondary N) is 1. The Balaban J connectivity index is 1.98. The zero-order valence-electron chi connectivity index (χ0n) is 11.3. The van der Waals surface area contributed by atoms with Crippen molar-refractivity contribution < 1.29 is 14.7 Å². The number of aromatic amines is 1. The highest BCUT2D eigenvalue weighted by Crippen LogP contribution is 2.39. The first kappa shape index (κ1) is 12.9. The van der Waals surface area contributed by atoms with Gasteiger partial charge in [-0.1, -0.05) is 25.1 Å². The minimum absolute atomic E-state index is 0.0424. The molecule has 1 saturated carbocycles. The molecule has 104 valence electrons. The van der Waals surface area contributed by atoms with Crippen LogP contribution in [0, 0.1) is 17.8 Å². The van der Waals surface area contributed by atoms with E-state index in [2.05, 4.69) is 4.98 Å². The minimum Gasteiger partial charge on any atom is -0.481 e. The predicted octanol–water partition coefficient (Wildman–Crippen LogP) is 3.10. The molecule has 0 amide bonds. The summed E-state index contributed by atoms with van der Waals surface area (Å²) in [6.07, 6.45) is 2.96. The molecule has 3 unspecified atom stereocenters. The molecule has 0 bridgehead atoms. The van der Waals surface area contributed by atoms with E-state index in [1.54, 1.807) is 6.20 Å². The molecule has 0 spiro atoms. The summed E-state index contributed by atoms with van der Waals surface area (Å²) >= 11 is 0. The summed E-state index contributed by atoms with van der Waals surface area (Å²) in [7, 11) is 0. The van der Waals surface area contributed by atoms with Gasteiger partial charge in [-0.25, -0.2) is 0 Å². The van der Waals surface area contributed by atoms with Crippen LogP contribution in [0.4, 0.5) is 0 Å². The van der Waals surface area contributed by atoms with Gasteiger partial charge in [-0.15, -0.1) is 0 Å². The lowest BCUT2D eigenvalue weighted by Gasteiger charge is -2.13. The van der Waals surface area contributed by atoms with Crippen molar-refractivity contribution in [3.8, 4) is 0 Å². The summed E-state index contributed by atoms with van der Waals surface area (Å²) in [6, 6.07) is 7.61. The van der Waals surface area contributed by atoms with Crippen molar-refractivity contribution >= 4 is 22.7 Å². The molecule has 1 aliphatic carbocycles. The number of rotatable bonds is 3. The maximum absolute atomic E-state index is 12.7. The lowest BCUT2D eigenvalue weighted by molar-refractivity contribution is -0.142. The van der Waals surface area contributed by atoms with E-state index >= 15 is 0 Å². The van der Waals surface area contributed by atoms with E-state index in [4.69, 9.17) is 0 Å². The molecule has 4 heteroatoms. The van der Waals surface area contributed by atoms with Crippen LogP contribution < -0.4 is 0 Å². The molecule has 3 atom stereocenters. The second-order valence-electron chi connectivity index (χ2n) is 5.74. The van der Waals surface area contributed by atoms with Crippen LogP contribution in [-0.2, 0) is 4.79 Å². The number of benzene rings is 1. The van der Waals surface area contributed by atoms with Gasteiger partial charge in [-0.05, 0) is 24.8 Å². The molecular weight excluding hydrogens is 254 g/mol. The van der Waals surface area contributed by atoms with Crippen molar-refractivity contribution in [2.45, 2.75) is 19.8 Å². The fraction of sp³-hybridized carbons (Fsp3) is 0.375. The number of aliphatic carboxylic acids is 1. The summed E-state index contributed by atoms with van der Waals surface area (Å²) in [4.78, 5) is 27.1. The second-order valence-corrected chi connectivity index (χ2v) is 5.74. The van der Waals surface area contributed by atoms with Crippen molar-refractivity contribution in [3.05, 3.63) is 36.0 Å². The highest BCUT2D eigenvalue weighted by Gasteiger charge is 2.41. The van der Waals surface area contributed by atoms with Crippen LogP contribution >= 0.6 is 0 Å². The zero-order chi connectivity index (χ0) is 14.3. The lowest BCUT2D eigenvalue weighted by atomic mass is 9.88. The van der Waals surface area contributed by atoms with Gasteiger partial charge in [0.15, 0.2) is 5.78 Å². The molecule has 1 heterocycles. The molecule has 4 nitrogen and oxygen atoms in total. The third kappa shape index (κ3) is 2.01. The molecule has 2 N–H and O–H groups in total. The van der Waals surface area contributed by atoms with E-state index in [1.807, 2.05) is 31.2 Å².